The van der Waals surface area contributed by atoms with Gasteiger partial charge in [0.25, 0.3) is 0 Å². The number of hydrogen-bond donors (Lipinski definition) is 4. The molecule has 0 rings (SSSR count). The molecule has 288 valence electrons. The minimum atomic E-state index is -4.68. The van der Waals surface area contributed by atoms with E-state index in [-0.39, 0.29) is 5.91 Å². The Morgan fingerprint density at radius 2 is 0.812 bits per heavy atom. The molecule has 0 spiro atoms. The zero-order valence-electron chi connectivity index (χ0n) is 31.9. The number of carbonyl (C=O) groups is 1. The molecule has 4 N–H and O–H groups in total. The average molecular weight is 704 g/mol. The van der Waals surface area contributed by atoms with Gasteiger partial charge in [0.1, 0.15) is 0 Å². The molecular weight excluding hydrogens is 621 g/mol. The Balaban J connectivity index is 3.88. The molecule has 0 aromatic carbocycles. The first-order valence-corrected chi connectivity index (χ1v) is 22.5. The van der Waals surface area contributed by atoms with E-state index in [0.29, 0.717) is 12.8 Å². The van der Waals surface area contributed by atoms with E-state index in [1.54, 1.807) is 0 Å². The van der Waals surface area contributed by atoms with Crippen LogP contribution in [0.2, 0.25) is 0 Å². The van der Waals surface area contributed by atoms with Crippen LogP contribution in [-0.2, 0) is 13.9 Å². The number of unbranched alkanes of at least 4 members (excludes halogenated alkanes) is 30. The van der Waals surface area contributed by atoms with Crippen LogP contribution in [-0.4, -0.2) is 39.6 Å². The molecule has 0 aliphatic heterocycles. The highest BCUT2D eigenvalue weighted by atomic mass is 31.2. The highest BCUT2D eigenvalue weighted by molar-refractivity contribution is 7.46. The van der Waals surface area contributed by atoms with Gasteiger partial charge in [0, 0.05) is 6.42 Å². The monoisotopic (exact) mass is 704 g/mol. The number of hydrogen-bond acceptors (Lipinski definition) is 4. The van der Waals surface area contributed by atoms with Gasteiger partial charge < -0.3 is 20.2 Å². The van der Waals surface area contributed by atoms with Crippen molar-refractivity contribution in [3.8, 4) is 0 Å². The Hall–Kier alpha value is -0.460. The normalized spacial score (nSPS) is 13.2. The van der Waals surface area contributed by atoms with Gasteiger partial charge in [-0.3, -0.25) is 9.32 Å². The third-order valence-corrected chi connectivity index (χ3v) is 10.3. The third-order valence-electron chi connectivity index (χ3n) is 9.84. The number of phosphoric ester groups is 1. The summed E-state index contributed by atoms with van der Waals surface area (Å²) in [4.78, 5) is 30.9. The summed E-state index contributed by atoms with van der Waals surface area (Å²) in [6.07, 6.45) is 40.8. The molecule has 0 radical (unpaired) electrons. The number of rotatable bonds is 39. The minimum Gasteiger partial charge on any atom is -0.391 e. The summed E-state index contributed by atoms with van der Waals surface area (Å²) in [5.41, 5.74) is 0. The molecule has 48 heavy (non-hydrogen) atoms. The molecular formula is C40H82NO6P. The molecule has 0 bridgehead atoms. The van der Waals surface area contributed by atoms with Crippen molar-refractivity contribution < 1.29 is 28.8 Å². The van der Waals surface area contributed by atoms with E-state index >= 15 is 0 Å². The van der Waals surface area contributed by atoms with Crippen molar-refractivity contribution in [3.05, 3.63) is 0 Å². The van der Waals surface area contributed by atoms with Crippen LogP contribution in [0.15, 0.2) is 0 Å². The van der Waals surface area contributed by atoms with Gasteiger partial charge in [0.05, 0.1) is 18.8 Å². The summed E-state index contributed by atoms with van der Waals surface area (Å²) in [6.45, 7) is 4.14. The van der Waals surface area contributed by atoms with Gasteiger partial charge >= 0.3 is 7.82 Å². The summed E-state index contributed by atoms with van der Waals surface area (Å²) in [5, 5.41) is 13.5. The van der Waals surface area contributed by atoms with Crippen LogP contribution < -0.4 is 5.32 Å². The lowest BCUT2D eigenvalue weighted by molar-refractivity contribution is -0.123. The van der Waals surface area contributed by atoms with Crippen LogP contribution in [0.5, 0.6) is 0 Å². The lowest BCUT2D eigenvalue weighted by Crippen LogP contribution is -2.46. The van der Waals surface area contributed by atoms with Gasteiger partial charge in [-0.15, -0.1) is 0 Å². The predicted octanol–water partition coefficient (Wildman–Crippen LogP) is 12.2. The number of carbonyl (C=O) groups excluding carboxylic acids is 1. The fourth-order valence-electron chi connectivity index (χ4n) is 6.64. The second-order valence-electron chi connectivity index (χ2n) is 14.7. The fourth-order valence-corrected chi connectivity index (χ4v) is 7.00. The maximum absolute atomic E-state index is 12.6. The first-order chi connectivity index (χ1) is 23.3. The number of amides is 1. The van der Waals surface area contributed by atoms with Gasteiger partial charge in [0.2, 0.25) is 5.91 Å². The Morgan fingerprint density at radius 3 is 1.12 bits per heavy atom. The van der Waals surface area contributed by atoms with E-state index < -0.39 is 26.6 Å². The Bertz CT molecular complexity index is 718. The SMILES string of the molecule is CCCCCCCCCCCCCCCCCCC[C@@H](O)[C@H](COP(=O)(O)O)NC(=O)CCCCCCCCCCCCCCCCC. The van der Waals surface area contributed by atoms with Crippen molar-refractivity contribution in [2.75, 3.05) is 6.61 Å². The number of aliphatic hydroxyl groups excluding tert-OH is 1. The predicted molar refractivity (Wildman–Crippen MR) is 204 cm³/mol. The van der Waals surface area contributed by atoms with Gasteiger partial charge in [0.15, 0.2) is 0 Å². The van der Waals surface area contributed by atoms with Gasteiger partial charge in [-0.05, 0) is 12.8 Å². The number of aliphatic hydroxyl groups is 1. The molecule has 0 fully saturated rings. The van der Waals surface area contributed by atoms with E-state index in [9.17, 15) is 14.5 Å². The molecule has 0 heterocycles. The molecule has 2 atom stereocenters. The van der Waals surface area contributed by atoms with Gasteiger partial charge in [-0.25, -0.2) is 4.57 Å². The number of phosphoric acid groups is 1. The zero-order valence-corrected chi connectivity index (χ0v) is 32.8. The van der Waals surface area contributed by atoms with Crippen LogP contribution in [0, 0.1) is 0 Å². The second-order valence-corrected chi connectivity index (χ2v) is 15.9. The third kappa shape index (κ3) is 36.8. The lowest BCUT2D eigenvalue weighted by Gasteiger charge is -2.24. The highest BCUT2D eigenvalue weighted by Crippen LogP contribution is 2.36. The smallest absolute Gasteiger partial charge is 0.391 e. The van der Waals surface area contributed by atoms with Gasteiger partial charge in [-0.1, -0.05) is 213 Å². The van der Waals surface area contributed by atoms with Crippen LogP contribution in [0.4, 0.5) is 0 Å². The highest BCUT2D eigenvalue weighted by Gasteiger charge is 2.25. The molecule has 0 aromatic rings. The Morgan fingerprint density at radius 1 is 0.521 bits per heavy atom. The average Bonchev–Trinajstić information content (AvgIpc) is 3.05. The molecule has 0 aliphatic carbocycles. The molecule has 0 saturated carbocycles. The lowest BCUT2D eigenvalue weighted by atomic mass is 10.0. The summed E-state index contributed by atoms with van der Waals surface area (Å²) in [6, 6.07) is -0.817. The summed E-state index contributed by atoms with van der Waals surface area (Å²) in [7, 11) is -4.68. The molecule has 1 amide bonds. The number of nitrogens with one attached hydrogen (secondary N) is 1. The summed E-state index contributed by atoms with van der Waals surface area (Å²) >= 11 is 0. The van der Waals surface area contributed by atoms with Crippen molar-refractivity contribution in [1.82, 2.24) is 5.32 Å². The molecule has 0 aromatic heterocycles. The quantitative estimate of drug-likeness (QED) is 0.0374. The largest absolute Gasteiger partial charge is 0.469 e. The molecule has 7 nitrogen and oxygen atoms in total. The van der Waals surface area contributed by atoms with Crippen LogP contribution in [0.3, 0.4) is 0 Å². The molecule has 0 unspecified atom stereocenters. The van der Waals surface area contributed by atoms with Crippen LogP contribution in [0.1, 0.15) is 232 Å². The summed E-state index contributed by atoms with van der Waals surface area (Å²) < 4.78 is 16.0. The van der Waals surface area contributed by atoms with Crippen molar-refractivity contribution in [2.24, 2.45) is 0 Å². The van der Waals surface area contributed by atoms with Gasteiger partial charge in [-0.2, -0.15) is 0 Å². The standard InChI is InChI=1S/C40H82NO6P/c1-3-5-7-9-11-13-15-17-19-20-22-23-25-27-29-31-33-35-39(42)38(37-47-48(44,45)46)41-40(43)36-34-32-30-28-26-24-21-18-16-14-12-10-8-6-4-2/h38-39,42H,3-37H2,1-2H3,(H,41,43)(H2,44,45,46)/t38-,39+/m0/s1. The van der Waals surface area contributed by atoms with E-state index in [0.717, 1.165) is 38.5 Å². The van der Waals surface area contributed by atoms with E-state index in [1.807, 2.05) is 0 Å². The maximum Gasteiger partial charge on any atom is 0.469 e. The van der Waals surface area contributed by atoms with E-state index in [2.05, 4.69) is 23.7 Å². The summed E-state index contributed by atoms with van der Waals surface area (Å²) in [5.74, 6) is -0.189. The van der Waals surface area contributed by atoms with Crippen molar-refractivity contribution in [2.45, 2.75) is 244 Å². The topological polar surface area (TPSA) is 116 Å². The van der Waals surface area contributed by atoms with Crippen molar-refractivity contribution in [3.63, 3.8) is 0 Å². The van der Waals surface area contributed by atoms with Crippen molar-refractivity contribution in [1.29, 1.82) is 0 Å². The van der Waals surface area contributed by atoms with E-state index in [4.69, 9.17) is 9.79 Å². The first-order valence-electron chi connectivity index (χ1n) is 21.0. The molecule has 0 saturated heterocycles. The van der Waals surface area contributed by atoms with Crippen molar-refractivity contribution >= 4 is 13.7 Å². The fraction of sp³-hybridized carbons (Fsp3) is 0.975. The van der Waals surface area contributed by atoms with E-state index in [1.165, 1.54) is 167 Å². The second kappa shape index (κ2) is 36.3. The molecule has 0 aliphatic rings. The van der Waals surface area contributed by atoms with Crippen LogP contribution in [0.25, 0.3) is 0 Å². The maximum atomic E-state index is 12.6. The Labute approximate surface area is 298 Å². The minimum absolute atomic E-state index is 0.189. The zero-order chi connectivity index (χ0) is 35.4. The molecule has 8 heteroatoms. The Kier molecular flexibility index (Phi) is 36.0. The first kappa shape index (κ1) is 47.5. The van der Waals surface area contributed by atoms with Crippen LogP contribution >= 0.6 is 7.82 Å².